The monoisotopic (exact) mass is 533 g/mol. The van der Waals surface area contributed by atoms with Gasteiger partial charge < -0.3 is 25.4 Å². The van der Waals surface area contributed by atoms with E-state index >= 15 is 0 Å². The fourth-order valence-corrected chi connectivity index (χ4v) is 6.11. The topological polar surface area (TPSA) is 133 Å². The maximum Gasteiger partial charge on any atom is 0.471 e. The molecule has 38 heavy (non-hydrogen) atoms. The maximum absolute atomic E-state index is 13.8. The first-order valence-corrected chi connectivity index (χ1v) is 12.3. The van der Waals surface area contributed by atoms with Crippen LogP contribution >= 0.6 is 0 Å². The number of benzene rings is 2. The van der Waals surface area contributed by atoms with Crippen molar-refractivity contribution in [3.05, 3.63) is 47.5 Å². The number of Topliss-reactive ketones (excluding diaryl/α,β-unsaturated/α-hetero) is 2. The summed E-state index contributed by atoms with van der Waals surface area (Å²) in [6.45, 7) is 1.47. The molecule has 0 radical (unpaired) electrons. The molecule has 3 aliphatic rings. The number of halogens is 3. The predicted molar refractivity (Wildman–Crippen MR) is 128 cm³/mol. The Kier molecular flexibility index (Phi) is 6.47. The lowest BCUT2D eigenvalue weighted by atomic mass is 9.63. The Morgan fingerprint density at radius 1 is 1.08 bits per heavy atom. The molecule has 1 heterocycles. The van der Waals surface area contributed by atoms with E-state index in [0.717, 1.165) is 0 Å². The van der Waals surface area contributed by atoms with Crippen LogP contribution in [0.4, 0.5) is 13.2 Å². The molecule has 4 N–H and O–H groups in total. The van der Waals surface area contributed by atoms with Gasteiger partial charge in [-0.05, 0) is 32.1 Å². The van der Waals surface area contributed by atoms with Gasteiger partial charge in [0.15, 0.2) is 11.6 Å². The summed E-state index contributed by atoms with van der Waals surface area (Å²) in [6.07, 6.45) is -4.39. The van der Waals surface area contributed by atoms with Crippen molar-refractivity contribution in [3.8, 4) is 11.5 Å². The van der Waals surface area contributed by atoms with Crippen LogP contribution in [0.3, 0.4) is 0 Å². The number of nitrogens with one attached hydrogen (secondary N) is 1. The van der Waals surface area contributed by atoms with Crippen LogP contribution in [0.5, 0.6) is 11.5 Å². The fraction of sp³-hybridized carbons (Fsp3) is 0.444. The first-order valence-electron chi connectivity index (χ1n) is 12.3. The lowest BCUT2D eigenvalue weighted by Crippen LogP contribution is -2.57. The number of aliphatic hydroxyl groups excluding tert-OH is 1. The number of ketones is 2. The van der Waals surface area contributed by atoms with Crippen molar-refractivity contribution in [3.63, 3.8) is 0 Å². The number of hydrogen-bond donors (Lipinski definition) is 4. The van der Waals surface area contributed by atoms with E-state index in [0.29, 0.717) is 0 Å². The quantitative estimate of drug-likeness (QED) is 0.351. The number of allylic oxidation sites excluding steroid dienone is 2. The van der Waals surface area contributed by atoms with Gasteiger partial charge in [-0.1, -0.05) is 36.4 Å². The third kappa shape index (κ3) is 4.23. The summed E-state index contributed by atoms with van der Waals surface area (Å²) in [5, 5.41) is 34.5. The standard InChI is InChI=1S/C27H26F3NO7/c1-11-21(32)17(31-26(37)27(28,29)30)10-13(38-11)9-12-5-4-8-16-18(12)25(36)20-19(24(16)35)22(33)14-6-2-3-7-15(14)23(20)34/h2-7,11-13,16-18,21,32-34H,8-10H2,1H3,(H,31,37)/t11-,12?,13-,16?,17-,18?,21+/m0/s1. The molecule has 2 aromatic carbocycles. The van der Waals surface area contributed by atoms with Crippen molar-refractivity contribution >= 4 is 28.2 Å². The lowest BCUT2D eigenvalue weighted by Gasteiger charge is -2.42. The predicted octanol–water partition coefficient (Wildman–Crippen LogP) is 3.41. The van der Waals surface area contributed by atoms with Gasteiger partial charge in [-0.15, -0.1) is 0 Å². The highest BCUT2D eigenvalue weighted by Gasteiger charge is 2.50. The minimum Gasteiger partial charge on any atom is -0.507 e. The number of amides is 1. The SMILES string of the molecule is C[C@@H]1O[C@@H](CC2C=CCC3C(=O)c4c(c(O)c5ccccc5c4O)C(=O)C23)C[C@H](NC(=O)C(F)(F)F)[C@@H]1O. The van der Waals surface area contributed by atoms with Crippen molar-refractivity contribution in [1.82, 2.24) is 5.32 Å². The van der Waals surface area contributed by atoms with E-state index < -0.39 is 65.8 Å². The van der Waals surface area contributed by atoms with Gasteiger partial charge in [0.25, 0.3) is 0 Å². The van der Waals surface area contributed by atoms with Crippen molar-refractivity contribution in [2.24, 2.45) is 17.8 Å². The second-order valence-electron chi connectivity index (χ2n) is 10.2. The average molecular weight is 533 g/mol. The molecule has 0 spiro atoms. The summed E-state index contributed by atoms with van der Waals surface area (Å²) >= 11 is 0. The number of ether oxygens (including phenoxy) is 1. The Morgan fingerprint density at radius 2 is 1.68 bits per heavy atom. The number of rotatable bonds is 3. The zero-order chi connectivity index (χ0) is 27.5. The Hall–Kier alpha value is -3.44. The van der Waals surface area contributed by atoms with Gasteiger partial charge in [-0.25, -0.2) is 0 Å². The van der Waals surface area contributed by atoms with Crippen molar-refractivity contribution in [2.45, 2.75) is 56.7 Å². The third-order valence-electron chi connectivity index (χ3n) is 7.89. The second kappa shape index (κ2) is 9.39. The van der Waals surface area contributed by atoms with Gasteiger partial charge in [-0.2, -0.15) is 13.2 Å². The van der Waals surface area contributed by atoms with Crippen LogP contribution in [0.2, 0.25) is 0 Å². The van der Waals surface area contributed by atoms with Crippen LogP contribution < -0.4 is 5.32 Å². The highest BCUT2D eigenvalue weighted by molar-refractivity contribution is 6.23. The van der Waals surface area contributed by atoms with E-state index in [4.69, 9.17) is 4.74 Å². The molecule has 8 nitrogen and oxygen atoms in total. The van der Waals surface area contributed by atoms with Crippen molar-refractivity contribution in [2.75, 3.05) is 0 Å². The summed E-state index contributed by atoms with van der Waals surface area (Å²) in [7, 11) is 0. The van der Waals surface area contributed by atoms with Crippen LogP contribution in [-0.4, -0.2) is 63.3 Å². The molecular weight excluding hydrogens is 507 g/mol. The van der Waals surface area contributed by atoms with Crippen LogP contribution in [0.15, 0.2) is 36.4 Å². The van der Waals surface area contributed by atoms with Gasteiger partial charge in [0, 0.05) is 22.6 Å². The molecule has 0 aromatic heterocycles. The Labute approximate surface area is 215 Å². The number of fused-ring (bicyclic) bond motifs is 3. The lowest BCUT2D eigenvalue weighted by molar-refractivity contribution is -0.179. The van der Waals surface area contributed by atoms with E-state index in [-0.39, 0.29) is 52.7 Å². The molecule has 7 atom stereocenters. The number of carbonyl (C=O) groups excluding carboxylic acids is 3. The Bertz CT molecular complexity index is 1350. The highest BCUT2D eigenvalue weighted by Crippen LogP contribution is 2.49. The number of aliphatic hydroxyl groups is 1. The molecule has 1 aliphatic heterocycles. The molecule has 1 saturated heterocycles. The number of alkyl halides is 3. The molecule has 5 rings (SSSR count). The van der Waals surface area contributed by atoms with Crippen LogP contribution in [-0.2, 0) is 9.53 Å². The summed E-state index contributed by atoms with van der Waals surface area (Å²) in [5.41, 5.74) is -0.446. The van der Waals surface area contributed by atoms with Crippen LogP contribution in [0, 0.1) is 17.8 Å². The molecule has 2 aromatic rings. The van der Waals surface area contributed by atoms with E-state index in [2.05, 4.69) is 0 Å². The van der Waals surface area contributed by atoms with Gasteiger partial charge in [0.2, 0.25) is 0 Å². The molecule has 0 saturated carbocycles. The van der Waals surface area contributed by atoms with Gasteiger partial charge in [0.1, 0.15) is 17.6 Å². The number of aromatic hydroxyl groups is 2. The maximum atomic E-state index is 13.8. The first kappa shape index (κ1) is 26.2. The second-order valence-corrected chi connectivity index (χ2v) is 10.2. The Morgan fingerprint density at radius 3 is 2.29 bits per heavy atom. The summed E-state index contributed by atoms with van der Waals surface area (Å²) < 4.78 is 44.2. The summed E-state index contributed by atoms with van der Waals surface area (Å²) in [4.78, 5) is 38.8. The van der Waals surface area contributed by atoms with Crippen molar-refractivity contribution < 1.29 is 47.6 Å². The third-order valence-corrected chi connectivity index (χ3v) is 7.89. The molecule has 11 heteroatoms. The van der Waals surface area contributed by atoms with Crippen LogP contribution in [0.1, 0.15) is 46.9 Å². The zero-order valence-corrected chi connectivity index (χ0v) is 20.2. The molecule has 2 aliphatic carbocycles. The summed E-state index contributed by atoms with van der Waals surface area (Å²) in [5.74, 6) is -6.16. The average Bonchev–Trinajstić information content (AvgIpc) is 2.87. The highest BCUT2D eigenvalue weighted by atomic mass is 19.4. The van der Waals surface area contributed by atoms with E-state index in [1.54, 1.807) is 30.4 Å². The fourth-order valence-electron chi connectivity index (χ4n) is 6.11. The molecule has 0 bridgehead atoms. The minimum absolute atomic E-state index is 0.127. The molecular formula is C27H26F3NO7. The first-order chi connectivity index (χ1) is 17.9. The van der Waals surface area contributed by atoms with Crippen LogP contribution in [0.25, 0.3) is 10.8 Å². The molecule has 3 unspecified atom stereocenters. The molecule has 1 amide bonds. The zero-order valence-electron chi connectivity index (χ0n) is 20.2. The van der Waals surface area contributed by atoms with E-state index in [1.165, 1.54) is 13.0 Å². The largest absolute Gasteiger partial charge is 0.507 e. The number of phenolic OH excluding ortho intramolecular Hbond substituents is 2. The van der Waals surface area contributed by atoms with E-state index in [9.17, 15) is 42.9 Å². The van der Waals surface area contributed by atoms with Gasteiger partial charge in [-0.3, -0.25) is 14.4 Å². The van der Waals surface area contributed by atoms with Crippen molar-refractivity contribution in [1.29, 1.82) is 0 Å². The Balaban J connectivity index is 1.45. The number of phenols is 2. The molecule has 1 fully saturated rings. The number of hydrogen-bond acceptors (Lipinski definition) is 7. The molecule has 202 valence electrons. The number of carbonyl (C=O) groups is 3. The summed E-state index contributed by atoms with van der Waals surface area (Å²) in [6, 6.07) is 5.12. The normalized spacial score (nSPS) is 31.1. The van der Waals surface area contributed by atoms with Gasteiger partial charge >= 0.3 is 12.1 Å². The van der Waals surface area contributed by atoms with Gasteiger partial charge in [0.05, 0.1) is 29.4 Å². The smallest absolute Gasteiger partial charge is 0.471 e. The van der Waals surface area contributed by atoms with E-state index in [1.807, 2.05) is 5.32 Å². The minimum atomic E-state index is -5.11.